The Labute approximate surface area is 127 Å². The first-order valence-corrected chi connectivity index (χ1v) is 7.00. The molecule has 2 saturated heterocycles. The van der Waals surface area contributed by atoms with Crippen LogP contribution in [0, 0.1) is 6.92 Å². The standard InChI is InChI=1S/C15H16N2O5/c1-10-3-2-4-12(5-10)21-8-13(18)16-6-11(7-16)17-14(19)9-22-15(17)20/h2-5,11H,6-9H2,1H3. The lowest BCUT2D eigenvalue weighted by Crippen LogP contribution is -2.62. The molecule has 0 aliphatic carbocycles. The lowest BCUT2D eigenvalue weighted by molar-refractivity contribution is -0.143. The van der Waals surface area contributed by atoms with Crippen molar-refractivity contribution in [3.63, 3.8) is 0 Å². The van der Waals surface area contributed by atoms with Crippen molar-refractivity contribution < 1.29 is 23.9 Å². The number of benzene rings is 1. The van der Waals surface area contributed by atoms with Crippen LogP contribution in [0.4, 0.5) is 4.79 Å². The Balaban J connectivity index is 1.47. The highest BCUT2D eigenvalue weighted by atomic mass is 16.6. The summed E-state index contributed by atoms with van der Waals surface area (Å²) < 4.78 is 10.1. The first kappa shape index (κ1) is 14.4. The zero-order valence-electron chi connectivity index (χ0n) is 12.2. The van der Waals surface area contributed by atoms with Crippen LogP contribution in [0.2, 0.25) is 0 Å². The summed E-state index contributed by atoms with van der Waals surface area (Å²) in [6.07, 6.45) is -0.627. The Hall–Kier alpha value is -2.57. The predicted octanol–water partition coefficient (Wildman–Crippen LogP) is 0.563. The molecular weight excluding hydrogens is 288 g/mol. The number of cyclic esters (lactones) is 1. The van der Waals surface area contributed by atoms with Crippen LogP contribution >= 0.6 is 0 Å². The highest BCUT2D eigenvalue weighted by molar-refractivity contribution is 5.98. The molecule has 0 aromatic heterocycles. The number of rotatable bonds is 4. The molecule has 0 unspecified atom stereocenters. The maximum Gasteiger partial charge on any atom is 0.417 e. The third-order valence-electron chi connectivity index (χ3n) is 3.72. The van der Waals surface area contributed by atoms with Gasteiger partial charge in [-0.3, -0.25) is 9.59 Å². The van der Waals surface area contributed by atoms with E-state index in [1.165, 1.54) is 0 Å². The second-order valence-electron chi connectivity index (χ2n) is 5.38. The molecule has 22 heavy (non-hydrogen) atoms. The van der Waals surface area contributed by atoms with E-state index in [0.29, 0.717) is 18.8 Å². The summed E-state index contributed by atoms with van der Waals surface area (Å²) in [7, 11) is 0. The highest BCUT2D eigenvalue weighted by Gasteiger charge is 2.44. The third-order valence-corrected chi connectivity index (χ3v) is 3.72. The molecule has 7 heteroatoms. The summed E-state index contributed by atoms with van der Waals surface area (Å²) in [5, 5.41) is 0. The van der Waals surface area contributed by atoms with Crippen molar-refractivity contribution in [2.75, 3.05) is 26.3 Å². The fourth-order valence-electron chi connectivity index (χ4n) is 2.48. The summed E-state index contributed by atoms with van der Waals surface area (Å²) >= 11 is 0. The number of likely N-dealkylation sites (tertiary alicyclic amines) is 1. The van der Waals surface area contributed by atoms with E-state index in [4.69, 9.17) is 4.74 Å². The molecule has 2 aliphatic heterocycles. The average Bonchev–Trinajstić information content (AvgIpc) is 2.76. The molecule has 0 N–H and O–H groups in total. The van der Waals surface area contributed by atoms with Crippen LogP contribution in [-0.2, 0) is 14.3 Å². The Morgan fingerprint density at radius 3 is 2.77 bits per heavy atom. The van der Waals surface area contributed by atoms with E-state index in [2.05, 4.69) is 4.74 Å². The van der Waals surface area contributed by atoms with Crippen molar-refractivity contribution in [2.45, 2.75) is 13.0 Å². The van der Waals surface area contributed by atoms with Gasteiger partial charge in [0.05, 0.1) is 6.04 Å². The zero-order valence-corrected chi connectivity index (χ0v) is 12.2. The third kappa shape index (κ3) is 2.74. The minimum atomic E-state index is -0.627. The zero-order chi connectivity index (χ0) is 15.7. The van der Waals surface area contributed by atoms with Gasteiger partial charge in [-0.25, -0.2) is 9.69 Å². The number of nitrogens with zero attached hydrogens (tertiary/aromatic N) is 2. The van der Waals surface area contributed by atoms with Crippen LogP contribution in [0.5, 0.6) is 5.75 Å². The molecule has 0 saturated carbocycles. The Bertz CT molecular complexity index is 608. The van der Waals surface area contributed by atoms with Crippen molar-refractivity contribution in [1.29, 1.82) is 0 Å². The van der Waals surface area contributed by atoms with Gasteiger partial charge in [0.25, 0.3) is 11.8 Å². The predicted molar refractivity (Wildman–Crippen MR) is 75.2 cm³/mol. The molecule has 116 valence electrons. The minimum absolute atomic E-state index is 0.0609. The number of hydrogen-bond acceptors (Lipinski definition) is 5. The fraction of sp³-hybridized carbons (Fsp3) is 0.400. The molecule has 0 atom stereocenters. The Kier molecular flexibility index (Phi) is 3.70. The molecule has 0 bridgehead atoms. The van der Waals surface area contributed by atoms with E-state index < -0.39 is 6.09 Å². The number of ether oxygens (including phenoxy) is 2. The second kappa shape index (κ2) is 5.67. The van der Waals surface area contributed by atoms with E-state index >= 15 is 0 Å². The van der Waals surface area contributed by atoms with Crippen LogP contribution in [-0.4, -0.2) is 60.1 Å². The highest BCUT2D eigenvalue weighted by Crippen LogP contribution is 2.20. The molecule has 3 rings (SSSR count). The molecule has 3 amide bonds. The number of amides is 3. The molecule has 0 radical (unpaired) electrons. The van der Waals surface area contributed by atoms with E-state index in [1.807, 2.05) is 25.1 Å². The summed E-state index contributed by atoms with van der Waals surface area (Å²) in [6.45, 7) is 2.34. The lowest BCUT2D eigenvalue weighted by atomic mass is 10.1. The van der Waals surface area contributed by atoms with Gasteiger partial charge in [0.1, 0.15) is 5.75 Å². The number of carbonyl (C=O) groups excluding carboxylic acids is 3. The van der Waals surface area contributed by atoms with Gasteiger partial charge in [-0.2, -0.15) is 0 Å². The van der Waals surface area contributed by atoms with Crippen LogP contribution < -0.4 is 4.74 Å². The van der Waals surface area contributed by atoms with Gasteiger partial charge < -0.3 is 14.4 Å². The van der Waals surface area contributed by atoms with Crippen LogP contribution in [0.15, 0.2) is 24.3 Å². The molecular formula is C15H16N2O5. The number of hydrogen-bond donors (Lipinski definition) is 0. The quantitative estimate of drug-likeness (QED) is 0.812. The maximum atomic E-state index is 12.0. The molecule has 2 heterocycles. The monoisotopic (exact) mass is 304 g/mol. The molecule has 2 aliphatic rings. The van der Waals surface area contributed by atoms with Crippen molar-refractivity contribution >= 4 is 17.9 Å². The molecule has 7 nitrogen and oxygen atoms in total. The van der Waals surface area contributed by atoms with Gasteiger partial charge >= 0.3 is 6.09 Å². The summed E-state index contributed by atoms with van der Waals surface area (Å²) in [4.78, 5) is 37.5. The summed E-state index contributed by atoms with van der Waals surface area (Å²) in [6, 6.07) is 7.16. The summed E-state index contributed by atoms with van der Waals surface area (Å²) in [5.41, 5.74) is 1.06. The van der Waals surface area contributed by atoms with Gasteiger partial charge in [-0.05, 0) is 24.6 Å². The Morgan fingerprint density at radius 2 is 2.14 bits per heavy atom. The largest absolute Gasteiger partial charge is 0.484 e. The molecule has 1 aromatic rings. The van der Waals surface area contributed by atoms with Crippen LogP contribution in [0.1, 0.15) is 5.56 Å². The summed E-state index contributed by atoms with van der Waals surface area (Å²) in [5.74, 6) is 0.125. The first-order chi connectivity index (χ1) is 10.5. The van der Waals surface area contributed by atoms with Gasteiger partial charge in [-0.15, -0.1) is 0 Å². The average molecular weight is 304 g/mol. The maximum absolute atomic E-state index is 12.0. The van der Waals surface area contributed by atoms with Crippen molar-refractivity contribution in [3.05, 3.63) is 29.8 Å². The molecule has 2 fully saturated rings. The second-order valence-corrected chi connectivity index (χ2v) is 5.38. The van der Waals surface area contributed by atoms with E-state index in [0.717, 1.165) is 10.5 Å². The number of aryl methyl sites for hydroxylation is 1. The van der Waals surface area contributed by atoms with Crippen molar-refractivity contribution in [2.24, 2.45) is 0 Å². The number of carbonyl (C=O) groups is 3. The normalized spacial score (nSPS) is 18.2. The smallest absolute Gasteiger partial charge is 0.417 e. The topological polar surface area (TPSA) is 76.2 Å². The van der Waals surface area contributed by atoms with Crippen molar-refractivity contribution in [1.82, 2.24) is 9.80 Å². The van der Waals surface area contributed by atoms with Crippen LogP contribution in [0.3, 0.4) is 0 Å². The van der Waals surface area contributed by atoms with Gasteiger partial charge in [0, 0.05) is 13.1 Å². The van der Waals surface area contributed by atoms with E-state index in [1.54, 1.807) is 11.0 Å². The lowest BCUT2D eigenvalue weighted by Gasteiger charge is -2.41. The van der Waals surface area contributed by atoms with Gasteiger partial charge in [0.15, 0.2) is 13.2 Å². The Morgan fingerprint density at radius 1 is 1.36 bits per heavy atom. The minimum Gasteiger partial charge on any atom is -0.484 e. The van der Waals surface area contributed by atoms with Gasteiger partial charge in [-0.1, -0.05) is 12.1 Å². The molecule has 0 spiro atoms. The number of imide groups is 1. The first-order valence-electron chi connectivity index (χ1n) is 7.00. The van der Waals surface area contributed by atoms with E-state index in [9.17, 15) is 14.4 Å². The SMILES string of the molecule is Cc1cccc(OCC(=O)N2CC(N3C(=O)COC3=O)C2)c1. The van der Waals surface area contributed by atoms with Crippen molar-refractivity contribution in [3.8, 4) is 5.75 Å². The van der Waals surface area contributed by atoms with E-state index in [-0.39, 0.29) is 31.1 Å². The molecule has 1 aromatic carbocycles. The van der Waals surface area contributed by atoms with Crippen LogP contribution in [0.25, 0.3) is 0 Å². The van der Waals surface area contributed by atoms with Gasteiger partial charge in [0.2, 0.25) is 0 Å². The fourth-order valence-corrected chi connectivity index (χ4v) is 2.48.